The van der Waals surface area contributed by atoms with Crippen molar-refractivity contribution in [2.75, 3.05) is 0 Å². The molecule has 0 saturated heterocycles. The van der Waals surface area contributed by atoms with Crippen LogP contribution < -0.4 is 0 Å². The van der Waals surface area contributed by atoms with Gasteiger partial charge in [0.2, 0.25) is 0 Å². The average molecular weight is 587 g/mol. The van der Waals surface area contributed by atoms with Crippen LogP contribution in [0.3, 0.4) is 0 Å². The number of H-pyrrole nitrogens is 5. The van der Waals surface area contributed by atoms with Gasteiger partial charge in [-0.15, -0.1) is 0 Å². The zero-order valence-corrected chi connectivity index (χ0v) is 27.2. The number of aromatic nitrogens is 6. The first-order chi connectivity index (χ1) is 20.4. The number of hydrogen-bond donors (Lipinski definition) is 5. The standard InChI is InChI=1S/C9H13NO2.2C6H9N.2C5H7N.C4H5N/c1-9(2,3)12-8(11)10-6-4-5-7-10;1-5-3-6(2)7-4-5;1-5-3-4-6(2)7-5;1-5-2-3-6-4-5;1-5-3-2-4-6-5;1-2-4-5-3-1/h4-7H,1-3H3;2*3-4,7H,1-2H3;2*2-4,6H,1H3;1-5H. The van der Waals surface area contributed by atoms with Gasteiger partial charge in [0.05, 0.1) is 0 Å². The Morgan fingerprint density at radius 3 is 1.49 bits per heavy atom. The van der Waals surface area contributed by atoms with Crippen LogP contribution in [0.15, 0.2) is 110 Å². The fourth-order valence-corrected chi connectivity index (χ4v) is 3.17. The van der Waals surface area contributed by atoms with Crippen molar-refractivity contribution < 1.29 is 9.53 Å². The minimum Gasteiger partial charge on any atom is -0.443 e. The van der Waals surface area contributed by atoms with Gasteiger partial charge in [-0.2, -0.15) is 0 Å². The Labute approximate surface area is 257 Å². The molecule has 0 atom stereocenters. The molecule has 6 heterocycles. The van der Waals surface area contributed by atoms with Crippen molar-refractivity contribution in [3.05, 3.63) is 144 Å². The van der Waals surface area contributed by atoms with Gasteiger partial charge in [0.15, 0.2) is 0 Å². The van der Waals surface area contributed by atoms with Gasteiger partial charge in [0.1, 0.15) is 5.60 Å². The quantitative estimate of drug-likeness (QED) is 0.122. The first kappa shape index (κ1) is 36.2. The zero-order valence-electron chi connectivity index (χ0n) is 27.2. The van der Waals surface area contributed by atoms with E-state index in [4.69, 9.17) is 4.74 Å². The summed E-state index contributed by atoms with van der Waals surface area (Å²) in [5, 5.41) is 0. The Morgan fingerprint density at radius 1 is 0.628 bits per heavy atom. The molecule has 43 heavy (non-hydrogen) atoms. The second-order valence-corrected chi connectivity index (χ2v) is 10.9. The highest BCUT2D eigenvalue weighted by atomic mass is 16.6. The van der Waals surface area contributed by atoms with Crippen LogP contribution in [0.25, 0.3) is 0 Å². The highest BCUT2D eigenvalue weighted by molar-refractivity contribution is 5.70. The number of hydrogen-bond acceptors (Lipinski definition) is 2. The smallest absolute Gasteiger partial charge is 0.418 e. The third-order valence-electron chi connectivity index (χ3n) is 5.16. The SMILES string of the molecule is CC(C)(C)OC(=O)n1cccc1.Cc1c[nH]c(C)c1.Cc1cc[nH]c1.Cc1ccc(C)[nH]1.Cc1ccc[nH]1.c1cc[nH]c1. The van der Waals surface area contributed by atoms with Crippen LogP contribution in [0, 0.1) is 41.5 Å². The summed E-state index contributed by atoms with van der Waals surface area (Å²) in [5.41, 5.74) is 7.08. The van der Waals surface area contributed by atoms with E-state index in [1.807, 2.05) is 116 Å². The van der Waals surface area contributed by atoms with E-state index >= 15 is 0 Å². The number of aromatic amines is 5. The summed E-state index contributed by atoms with van der Waals surface area (Å²) in [5.74, 6) is 0. The number of rotatable bonds is 0. The van der Waals surface area contributed by atoms with Crippen molar-refractivity contribution in [3.63, 3.8) is 0 Å². The molecule has 6 aromatic rings. The maximum Gasteiger partial charge on any atom is 0.418 e. The first-order valence-corrected chi connectivity index (χ1v) is 14.2. The third kappa shape index (κ3) is 19.8. The van der Waals surface area contributed by atoms with Gasteiger partial charge >= 0.3 is 6.09 Å². The molecular weight excluding hydrogens is 536 g/mol. The normalized spacial score (nSPS) is 9.60. The van der Waals surface area contributed by atoms with E-state index in [9.17, 15) is 4.79 Å². The predicted molar refractivity (Wildman–Crippen MR) is 178 cm³/mol. The Balaban J connectivity index is 0.000000265. The summed E-state index contributed by atoms with van der Waals surface area (Å²) < 4.78 is 6.51. The van der Waals surface area contributed by atoms with Crippen LogP contribution in [0.2, 0.25) is 0 Å². The minimum atomic E-state index is -0.429. The molecule has 0 bridgehead atoms. The molecule has 6 aromatic heterocycles. The fourth-order valence-electron chi connectivity index (χ4n) is 3.17. The Kier molecular flexibility index (Phi) is 16.9. The van der Waals surface area contributed by atoms with E-state index in [2.05, 4.69) is 57.0 Å². The molecular formula is C35H50N6O2. The molecule has 6 rings (SSSR count). The molecule has 0 unspecified atom stereocenters. The van der Waals surface area contributed by atoms with E-state index in [1.165, 1.54) is 38.5 Å². The van der Waals surface area contributed by atoms with Gasteiger partial charge in [-0.25, -0.2) is 4.79 Å². The molecule has 8 heteroatoms. The van der Waals surface area contributed by atoms with Gasteiger partial charge < -0.3 is 29.7 Å². The number of carbonyl (C=O) groups is 1. The van der Waals surface area contributed by atoms with Crippen molar-refractivity contribution >= 4 is 6.09 Å². The minimum absolute atomic E-state index is 0.340. The molecule has 0 saturated carbocycles. The van der Waals surface area contributed by atoms with Crippen molar-refractivity contribution in [3.8, 4) is 0 Å². The van der Waals surface area contributed by atoms with E-state index < -0.39 is 5.60 Å². The average Bonchev–Trinajstić information content (AvgIpc) is 3.75. The van der Waals surface area contributed by atoms with Crippen LogP contribution in [0.1, 0.15) is 54.7 Å². The second-order valence-electron chi connectivity index (χ2n) is 10.9. The maximum atomic E-state index is 11.3. The fraction of sp³-hybridized carbons (Fsp3) is 0.286. The third-order valence-corrected chi connectivity index (χ3v) is 5.16. The molecule has 0 amide bonds. The van der Waals surface area contributed by atoms with Crippen molar-refractivity contribution in [2.45, 2.75) is 67.9 Å². The Morgan fingerprint density at radius 2 is 1.26 bits per heavy atom. The van der Waals surface area contributed by atoms with E-state index in [1.54, 1.807) is 24.5 Å². The zero-order chi connectivity index (χ0) is 32.1. The topological polar surface area (TPSA) is 110 Å². The summed E-state index contributed by atoms with van der Waals surface area (Å²) in [6, 6.07) is 19.7. The Bertz CT molecular complexity index is 1310. The van der Waals surface area contributed by atoms with Crippen LogP contribution in [-0.4, -0.2) is 41.2 Å². The van der Waals surface area contributed by atoms with Gasteiger partial charge in [-0.05, 0) is 134 Å². The van der Waals surface area contributed by atoms with Gasteiger partial charge in [0, 0.05) is 72.4 Å². The number of aryl methyl sites for hydroxylation is 6. The lowest BCUT2D eigenvalue weighted by atomic mass is 10.2. The number of ether oxygens (including phenoxy) is 1. The monoisotopic (exact) mass is 586 g/mol. The predicted octanol–water partition coefficient (Wildman–Crippen LogP) is 9.20. The van der Waals surface area contributed by atoms with E-state index in [-0.39, 0.29) is 6.09 Å². The van der Waals surface area contributed by atoms with Crippen LogP contribution >= 0.6 is 0 Å². The van der Waals surface area contributed by atoms with Gasteiger partial charge in [-0.3, -0.25) is 4.57 Å². The van der Waals surface area contributed by atoms with Gasteiger partial charge in [-0.1, -0.05) is 0 Å². The van der Waals surface area contributed by atoms with E-state index in [0.717, 1.165) is 0 Å². The lowest BCUT2D eigenvalue weighted by Crippen LogP contribution is -2.26. The molecule has 0 fully saturated rings. The molecule has 0 radical (unpaired) electrons. The molecule has 232 valence electrons. The van der Waals surface area contributed by atoms with Crippen LogP contribution in [0.5, 0.6) is 0 Å². The molecule has 0 aliphatic heterocycles. The molecule has 0 aliphatic carbocycles. The lowest BCUT2D eigenvalue weighted by Gasteiger charge is -2.19. The Hall–Kier alpha value is -4.85. The largest absolute Gasteiger partial charge is 0.443 e. The lowest BCUT2D eigenvalue weighted by molar-refractivity contribution is 0.0537. The summed E-state index contributed by atoms with van der Waals surface area (Å²) >= 11 is 0. The molecule has 5 N–H and O–H groups in total. The summed E-state index contributed by atoms with van der Waals surface area (Å²) in [4.78, 5) is 26.3. The molecule has 0 aliphatic rings. The van der Waals surface area contributed by atoms with Crippen LogP contribution in [0.4, 0.5) is 4.79 Å². The molecule has 8 nitrogen and oxygen atoms in total. The highest BCUT2D eigenvalue weighted by Crippen LogP contribution is 2.08. The summed E-state index contributed by atoms with van der Waals surface area (Å²) in [6.45, 7) is 17.8. The first-order valence-electron chi connectivity index (χ1n) is 14.2. The summed E-state index contributed by atoms with van der Waals surface area (Å²) in [6.07, 6.45) is 14.5. The van der Waals surface area contributed by atoms with Crippen LogP contribution in [-0.2, 0) is 4.74 Å². The molecule has 0 spiro atoms. The number of nitrogens with zero attached hydrogens (tertiary/aromatic N) is 1. The molecule has 0 aromatic carbocycles. The van der Waals surface area contributed by atoms with Gasteiger partial charge in [0.25, 0.3) is 0 Å². The highest BCUT2D eigenvalue weighted by Gasteiger charge is 2.16. The van der Waals surface area contributed by atoms with Crippen molar-refractivity contribution in [2.24, 2.45) is 0 Å². The summed E-state index contributed by atoms with van der Waals surface area (Å²) in [7, 11) is 0. The van der Waals surface area contributed by atoms with Crippen molar-refractivity contribution in [1.29, 1.82) is 0 Å². The second kappa shape index (κ2) is 20.1. The number of nitrogens with one attached hydrogen (secondary N) is 5. The number of carbonyl (C=O) groups excluding carboxylic acids is 1. The maximum absolute atomic E-state index is 11.3. The van der Waals surface area contributed by atoms with Crippen molar-refractivity contribution in [1.82, 2.24) is 29.5 Å². The van der Waals surface area contributed by atoms with E-state index in [0.29, 0.717) is 0 Å².